The molecule has 0 aliphatic rings. The van der Waals surface area contributed by atoms with Crippen LogP contribution in [0, 0.1) is 5.82 Å². The Kier molecular flexibility index (Phi) is 2.42. The average molecular weight is 258 g/mol. The van der Waals surface area contributed by atoms with E-state index in [0.717, 1.165) is 15.0 Å². The monoisotopic (exact) mass is 257 g/mol. The Morgan fingerprint density at radius 1 is 1.23 bits per heavy atom. The van der Waals surface area contributed by atoms with Crippen molar-refractivity contribution in [1.29, 1.82) is 0 Å². The van der Waals surface area contributed by atoms with Crippen LogP contribution in [-0.4, -0.2) is 4.98 Å². The molecule has 0 unspecified atom stereocenters. The van der Waals surface area contributed by atoms with Crippen LogP contribution >= 0.6 is 27.3 Å². The van der Waals surface area contributed by atoms with Gasteiger partial charge in [-0.25, -0.2) is 9.37 Å². The van der Waals surface area contributed by atoms with E-state index in [-0.39, 0.29) is 5.82 Å². The molecule has 0 amide bonds. The molecular formula is C9H5BrFNS. The van der Waals surface area contributed by atoms with Gasteiger partial charge in [-0.15, -0.1) is 11.3 Å². The zero-order valence-corrected chi connectivity index (χ0v) is 8.90. The molecule has 0 spiro atoms. The van der Waals surface area contributed by atoms with Crippen LogP contribution in [0.4, 0.5) is 4.39 Å². The second kappa shape index (κ2) is 3.55. The minimum Gasteiger partial charge on any atom is -0.243 e. The van der Waals surface area contributed by atoms with Gasteiger partial charge in [0.05, 0.1) is 15.0 Å². The fourth-order valence-corrected chi connectivity index (χ4v) is 2.14. The molecular weight excluding hydrogens is 253 g/mol. The maximum absolute atomic E-state index is 12.6. The Hall–Kier alpha value is -0.740. The van der Waals surface area contributed by atoms with E-state index in [9.17, 15) is 4.39 Å². The summed E-state index contributed by atoms with van der Waals surface area (Å²) in [6.45, 7) is 0. The molecule has 0 radical (unpaired) electrons. The molecule has 0 aliphatic heterocycles. The first kappa shape index (κ1) is 8.84. The molecule has 4 heteroatoms. The predicted octanol–water partition coefficient (Wildman–Crippen LogP) is 3.71. The van der Waals surface area contributed by atoms with Gasteiger partial charge in [0.1, 0.15) is 5.82 Å². The Balaban J connectivity index is 2.47. The lowest BCUT2D eigenvalue weighted by Crippen LogP contribution is -1.78. The van der Waals surface area contributed by atoms with Gasteiger partial charge < -0.3 is 0 Å². The van der Waals surface area contributed by atoms with Gasteiger partial charge in [-0.3, -0.25) is 0 Å². The van der Waals surface area contributed by atoms with Crippen molar-refractivity contribution in [3.63, 3.8) is 0 Å². The van der Waals surface area contributed by atoms with Crippen molar-refractivity contribution in [1.82, 2.24) is 4.98 Å². The Morgan fingerprint density at radius 2 is 1.92 bits per heavy atom. The van der Waals surface area contributed by atoms with Gasteiger partial charge in [0.2, 0.25) is 0 Å². The summed E-state index contributed by atoms with van der Waals surface area (Å²) < 4.78 is 13.6. The summed E-state index contributed by atoms with van der Waals surface area (Å²) in [6.07, 6.45) is 0. The second-order valence-electron chi connectivity index (χ2n) is 2.48. The molecule has 0 fully saturated rings. The SMILES string of the molecule is Fc1ccc(-c2ncsc2Br)cc1. The van der Waals surface area contributed by atoms with E-state index >= 15 is 0 Å². The van der Waals surface area contributed by atoms with Crippen LogP contribution < -0.4 is 0 Å². The average Bonchev–Trinajstić information content (AvgIpc) is 2.53. The molecule has 0 saturated carbocycles. The Labute approximate surface area is 87.4 Å². The summed E-state index contributed by atoms with van der Waals surface area (Å²) in [5.41, 5.74) is 3.54. The third-order valence-electron chi connectivity index (χ3n) is 1.64. The summed E-state index contributed by atoms with van der Waals surface area (Å²) in [5.74, 6) is -0.227. The smallest absolute Gasteiger partial charge is 0.123 e. The quantitative estimate of drug-likeness (QED) is 0.759. The fraction of sp³-hybridized carbons (Fsp3) is 0. The molecule has 1 aromatic heterocycles. The summed E-state index contributed by atoms with van der Waals surface area (Å²) in [4.78, 5) is 4.16. The highest BCUT2D eigenvalue weighted by Gasteiger charge is 2.05. The highest BCUT2D eigenvalue weighted by Crippen LogP contribution is 2.29. The van der Waals surface area contributed by atoms with Gasteiger partial charge in [0, 0.05) is 5.56 Å². The van der Waals surface area contributed by atoms with Crippen LogP contribution in [0.25, 0.3) is 11.3 Å². The van der Waals surface area contributed by atoms with Crippen molar-refractivity contribution in [2.24, 2.45) is 0 Å². The lowest BCUT2D eigenvalue weighted by Gasteiger charge is -1.96. The number of nitrogens with zero attached hydrogens (tertiary/aromatic N) is 1. The molecule has 0 bridgehead atoms. The summed E-state index contributed by atoms with van der Waals surface area (Å²) in [7, 11) is 0. The third-order valence-corrected chi connectivity index (χ3v) is 3.19. The molecule has 2 aromatic rings. The molecule has 1 nitrogen and oxygen atoms in total. The van der Waals surface area contributed by atoms with E-state index in [1.165, 1.54) is 23.5 Å². The second-order valence-corrected chi connectivity index (χ2v) is 4.65. The number of halogens is 2. The first-order valence-electron chi connectivity index (χ1n) is 3.62. The van der Waals surface area contributed by atoms with Crippen LogP contribution in [-0.2, 0) is 0 Å². The highest BCUT2D eigenvalue weighted by molar-refractivity contribution is 9.11. The Morgan fingerprint density at radius 3 is 2.46 bits per heavy atom. The number of rotatable bonds is 1. The van der Waals surface area contributed by atoms with E-state index in [0.29, 0.717) is 0 Å². The molecule has 2 rings (SSSR count). The van der Waals surface area contributed by atoms with Gasteiger partial charge in [-0.2, -0.15) is 0 Å². The summed E-state index contributed by atoms with van der Waals surface area (Å²) in [5, 5.41) is 0. The molecule has 0 atom stereocenters. The van der Waals surface area contributed by atoms with Crippen molar-refractivity contribution < 1.29 is 4.39 Å². The zero-order valence-electron chi connectivity index (χ0n) is 6.50. The summed E-state index contributed by atoms with van der Waals surface area (Å²) >= 11 is 4.90. The van der Waals surface area contributed by atoms with Crippen LogP contribution in [0.2, 0.25) is 0 Å². The van der Waals surface area contributed by atoms with Gasteiger partial charge in [-0.05, 0) is 40.2 Å². The fourth-order valence-electron chi connectivity index (χ4n) is 1.03. The molecule has 66 valence electrons. The maximum Gasteiger partial charge on any atom is 0.123 e. The van der Waals surface area contributed by atoms with Crippen molar-refractivity contribution in [3.8, 4) is 11.3 Å². The van der Waals surface area contributed by atoms with Gasteiger partial charge >= 0.3 is 0 Å². The van der Waals surface area contributed by atoms with Crippen molar-refractivity contribution in [2.45, 2.75) is 0 Å². The van der Waals surface area contributed by atoms with E-state index < -0.39 is 0 Å². The minimum atomic E-state index is -0.227. The Bertz CT molecular complexity index is 410. The lowest BCUT2D eigenvalue weighted by atomic mass is 10.2. The topological polar surface area (TPSA) is 12.9 Å². The predicted molar refractivity (Wildman–Crippen MR) is 55.2 cm³/mol. The molecule has 0 N–H and O–H groups in total. The lowest BCUT2D eigenvalue weighted by molar-refractivity contribution is 0.628. The molecule has 0 aliphatic carbocycles. The number of benzene rings is 1. The van der Waals surface area contributed by atoms with Gasteiger partial charge in [0.15, 0.2) is 0 Å². The number of aromatic nitrogens is 1. The first-order chi connectivity index (χ1) is 6.27. The highest BCUT2D eigenvalue weighted by atomic mass is 79.9. The first-order valence-corrected chi connectivity index (χ1v) is 5.29. The zero-order chi connectivity index (χ0) is 9.26. The largest absolute Gasteiger partial charge is 0.243 e. The van der Waals surface area contributed by atoms with Crippen LogP contribution in [0.1, 0.15) is 0 Å². The van der Waals surface area contributed by atoms with Crippen molar-refractivity contribution in [3.05, 3.63) is 39.4 Å². The molecule has 13 heavy (non-hydrogen) atoms. The van der Waals surface area contributed by atoms with Gasteiger partial charge in [0.25, 0.3) is 0 Å². The summed E-state index contributed by atoms with van der Waals surface area (Å²) in [6, 6.07) is 6.30. The minimum absolute atomic E-state index is 0.227. The van der Waals surface area contributed by atoms with E-state index in [1.807, 2.05) is 0 Å². The van der Waals surface area contributed by atoms with Gasteiger partial charge in [-0.1, -0.05) is 0 Å². The number of hydrogen-bond donors (Lipinski definition) is 0. The molecule has 1 aromatic carbocycles. The number of hydrogen-bond acceptors (Lipinski definition) is 2. The van der Waals surface area contributed by atoms with Crippen LogP contribution in [0.15, 0.2) is 33.6 Å². The normalized spacial score (nSPS) is 10.3. The van der Waals surface area contributed by atoms with E-state index in [1.54, 1.807) is 17.6 Å². The molecule has 0 saturated heterocycles. The molecule has 1 heterocycles. The van der Waals surface area contributed by atoms with Crippen LogP contribution in [0.3, 0.4) is 0 Å². The maximum atomic E-state index is 12.6. The van der Waals surface area contributed by atoms with Crippen molar-refractivity contribution >= 4 is 27.3 Å². The standard InChI is InChI=1S/C9H5BrFNS/c10-9-8(12-5-13-9)6-1-3-7(11)4-2-6/h1-5H. The number of thiazole rings is 1. The van der Waals surface area contributed by atoms with E-state index in [4.69, 9.17) is 0 Å². The van der Waals surface area contributed by atoms with Crippen molar-refractivity contribution in [2.75, 3.05) is 0 Å². The third kappa shape index (κ3) is 1.78. The van der Waals surface area contributed by atoms with Crippen LogP contribution in [0.5, 0.6) is 0 Å². The van der Waals surface area contributed by atoms with E-state index in [2.05, 4.69) is 20.9 Å².